The molecule has 0 saturated carbocycles. The van der Waals surface area contributed by atoms with Gasteiger partial charge in [-0.25, -0.2) is 0 Å². The van der Waals surface area contributed by atoms with Crippen molar-refractivity contribution in [3.63, 3.8) is 0 Å². The molecule has 0 aliphatic carbocycles. The second-order valence-corrected chi connectivity index (χ2v) is 9.58. The van der Waals surface area contributed by atoms with Gasteiger partial charge in [0.05, 0.1) is 0 Å². The monoisotopic (exact) mass is 238 g/mol. The summed E-state index contributed by atoms with van der Waals surface area (Å²) < 4.78 is 32.0. The molecule has 0 aliphatic rings. The zero-order valence-electron chi connectivity index (χ0n) is 8.45. The van der Waals surface area contributed by atoms with Gasteiger partial charge in [-0.3, -0.25) is 0 Å². The Morgan fingerprint density at radius 1 is 1.23 bits per heavy atom. The van der Waals surface area contributed by atoms with E-state index in [4.69, 9.17) is 6.47 Å². The Balaban J connectivity index is 4.00. The minimum atomic E-state index is -3.64. The molecule has 13 heavy (non-hydrogen) atoms. The van der Waals surface area contributed by atoms with E-state index in [0.717, 1.165) is 15.8 Å². The van der Waals surface area contributed by atoms with Gasteiger partial charge in [-0.2, -0.15) is 8.42 Å². The third-order valence-electron chi connectivity index (χ3n) is 1.60. The molecule has 4 nitrogen and oxygen atoms in total. The van der Waals surface area contributed by atoms with E-state index in [0.29, 0.717) is 0 Å². The lowest BCUT2D eigenvalue weighted by Gasteiger charge is -2.09. The predicted molar refractivity (Wildman–Crippen MR) is 55.4 cm³/mol. The molecule has 0 aromatic carbocycles. The van der Waals surface area contributed by atoms with E-state index in [9.17, 15) is 8.42 Å². The van der Waals surface area contributed by atoms with Crippen molar-refractivity contribution in [3.05, 3.63) is 0 Å². The Morgan fingerprint density at radius 3 is 2.15 bits per heavy atom. The fraction of sp³-hybridized carbons (Fsp3) is 1.00. The fourth-order valence-electron chi connectivity index (χ4n) is 0.805. The predicted octanol–water partition coefficient (Wildman–Crippen LogP) is 1.09. The number of hydrogen-bond acceptors (Lipinski definition) is 4. The number of rotatable bonds is 7. The van der Waals surface area contributed by atoms with Gasteiger partial charge in [0.2, 0.25) is 0 Å². The highest BCUT2D eigenvalue weighted by molar-refractivity contribution is 7.83. The van der Waals surface area contributed by atoms with Crippen molar-refractivity contribution in [1.29, 1.82) is 0 Å². The average molecular weight is 238 g/mol. The zero-order chi connectivity index (χ0) is 10.3. The highest BCUT2D eigenvalue weighted by Crippen LogP contribution is 2.06. The standard InChI is InChI=1S/3C2H5.2Al.H2O4S.H/c3*1-2;;;1-5(2,3)4;/h3*1H2,2H3;;;(H2,1,2,3,4);/q;;;2*+1;;/p-2. The van der Waals surface area contributed by atoms with Gasteiger partial charge >= 0.3 is 40.4 Å². The van der Waals surface area contributed by atoms with Crippen molar-refractivity contribution < 1.29 is 14.9 Å². The summed E-state index contributed by atoms with van der Waals surface area (Å²) in [5.74, 6) is 0. The van der Waals surface area contributed by atoms with Crippen LogP contribution in [0.5, 0.6) is 0 Å². The van der Waals surface area contributed by atoms with Gasteiger partial charge in [0, 0.05) is 0 Å². The Hall–Kier alpha value is 0.935. The van der Waals surface area contributed by atoms with Crippen LogP contribution in [0.2, 0.25) is 15.8 Å². The van der Waals surface area contributed by atoms with Crippen molar-refractivity contribution in [3.8, 4) is 0 Å². The van der Waals surface area contributed by atoms with Crippen molar-refractivity contribution in [2.45, 2.75) is 36.6 Å². The average Bonchev–Trinajstić information content (AvgIpc) is 2.11. The minimum Gasteiger partial charge on any atom is -0.383 e. The second-order valence-electron chi connectivity index (χ2n) is 2.76. The first-order chi connectivity index (χ1) is 6.05. The Bertz CT molecular complexity index is 213. The van der Waals surface area contributed by atoms with Crippen LogP contribution in [-0.4, -0.2) is 38.5 Å². The van der Waals surface area contributed by atoms with Crippen molar-refractivity contribution in [2.24, 2.45) is 0 Å². The van der Waals surface area contributed by atoms with E-state index >= 15 is 0 Å². The SMILES string of the molecule is C[CH2][AlH][O]S(=O)(=O)[O][Al]([CH2]C)[CH2]C. The van der Waals surface area contributed by atoms with E-state index in [1.807, 2.05) is 20.8 Å². The first-order valence-electron chi connectivity index (χ1n) is 4.63. The molecule has 0 heterocycles. The first-order valence-corrected chi connectivity index (χ1v) is 9.64. The lowest BCUT2D eigenvalue weighted by Crippen LogP contribution is -2.23. The second kappa shape index (κ2) is 7.26. The lowest BCUT2D eigenvalue weighted by atomic mass is 10.9. The maximum absolute atomic E-state index is 11.1. The molecule has 0 rings (SSSR count). The third-order valence-corrected chi connectivity index (χ3v) is 7.68. The molecular formula is C6H16Al2O4S. The Morgan fingerprint density at radius 2 is 1.77 bits per heavy atom. The van der Waals surface area contributed by atoms with Crippen molar-refractivity contribution in [2.75, 3.05) is 0 Å². The summed E-state index contributed by atoms with van der Waals surface area (Å²) in [6.07, 6.45) is 0. The van der Waals surface area contributed by atoms with Gasteiger partial charge in [-0.1, -0.05) is 36.6 Å². The van der Waals surface area contributed by atoms with Crippen LogP contribution in [0.25, 0.3) is 0 Å². The summed E-state index contributed by atoms with van der Waals surface area (Å²) in [4.78, 5) is 0. The molecule has 0 fully saturated rings. The molecule has 0 radical (unpaired) electrons. The summed E-state index contributed by atoms with van der Waals surface area (Å²) in [5.41, 5.74) is 0. The molecular weight excluding hydrogens is 222 g/mol. The van der Waals surface area contributed by atoms with Gasteiger partial charge in [0.15, 0.2) is 0 Å². The minimum absolute atomic E-state index is 0.813. The summed E-state index contributed by atoms with van der Waals surface area (Å²) >= 11 is -2.48. The maximum Gasteiger partial charge on any atom is 0.487 e. The van der Waals surface area contributed by atoms with Crippen molar-refractivity contribution >= 4 is 40.4 Å². The quantitative estimate of drug-likeness (QED) is 0.623. The van der Waals surface area contributed by atoms with E-state index in [1.165, 1.54) is 0 Å². The van der Waals surface area contributed by atoms with E-state index in [1.54, 1.807) is 0 Å². The molecule has 7 heteroatoms. The zero-order valence-corrected chi connectivity index (χ0v) is 11.8. The smallest absolute Gasteiger partial charge is 0.383 e. The van der Waals surface area contributed by atoms with E-state index in [-0.39, 0.29) is 0 Å². The number of hydrogen-bond donors (Lipinski definition) is 0. The van der Waals surface area contributed by atoms with Crippen LogP contribution >= 0.6 is 0 Å². The maximum atomic E-state index is 11.1. The molecule has 0 bridgehead atoms. The topological polar surface area (TPSA) is 52.6 Å². The summed E-state index contributed by atoms with van der Waals surface area (Å²) in [6.45, 7) is 5.82. The van der Waals surface area contributed by atoms with Crippen LogP contribution < -0.4 is 0 Å². The highest BCUT2D eigenvalue weighted by Gasteiger charge is 2.23. The van der Waals surface area contributed by atoms with Crippen LogP contribution in [0.1, 0.15) is 20.8 Å². The molecule has 0 N–H and O–H groups in total. The van der Waals surface area contributed by atoms with Gasteiger partial charge in [-0.05, 0) is 0 Å². The van der Waals surface area contributed by atoms with Crippen LogP contribution in [-0.2, 0) is 16.9 Å². The molecule has 0 spiro atoms. The van der Waals surface area contributed by atoms with Gasteiger partial charge < -0.3 is 6.47 Å². The van der Waals surface area contributed by atoms with E-state index in [2.05, 4.69) is 0 Å². The van der Waals surface area contributed by atoms with Crippen LogP contribution in [0, 0.1) is 0 Å². The fourth-order valence-corrected chi connectivity index (χ4v) is 6.01. The molecule has 0 aromatic heterocycles. The highest BCUT2D eigenvalue weighted by atomic mass is 32.3. The van der Waals surface area contributed by atoms with Gasteiger partial charge in [0.1, 0.15) is 0 Å². The molecule has 0 aromatic rings. The van der Waals surface area contributed by atoms with Gasteiger partial charge in [0.25, 0.3) is 0 Å². The first kappa shape index (κ1) is 13.9. The Labute approximate surface area is 91.7 Å². The molecule has 76 valence electrons. The normalized spacial score (nSPS) is 11.3. The molecule has 0 aliphatic heterocycles. The summed E-state index contributed by atoms with van der Waals surface area (Å²) in [6, 6.07) is 0. The molecule has 0 atom stereocenters. The van der Waals surface area contributed by atoms with Crippen LogP contribution in [0.3, 0.4) is 0 Å². The van der Waals surface area contributed by atoms with E-state index < -0.39 is 40.4 Å². The third kappa shape index (κ3) is 6.93. The molecule has 0 unspecified atom stereocenters. The molecule has 0 amide bonds. The van der Waals surface area contributed by atoms with Crippen LogP contribution in [0.4, 0.5) is 0 Å². The van der Waals surface area contributed by atoms with Crippen LogP contribution in [0.15, 0.2) is 0 Å². The van der Waals surface area contributed by atoms with Gasteiger partial charge in [-0.15, -0.1) is 0 Å². The summed E-state index contributed by atoms with van der Waals surface area (Å²) in [7, 11) is -3.64. The Kier molecular flexibility index (Phi) is 7.78. The largest absolute Gasteiger partial charge is 0.487 e. The summed E-state index contributed by atoms with van der Waals surface area (Å²) in [5, 5.41) is 2.46. The lowest BCUT2D eigenvalue weighted by molar-refractivity contribution is 0.402. The molecule has 0 saturated heterocycles. The van der Waals surface area contributed by atoms with Crippen molar-refractivity contribution in [1.82, 2.24) is 0 Å².